The molecule has 0 unspecified atom stereocenters. The van der Waals surface area contributed by atoms with Gasteiger partial charge in [-0.2, -0.15) is 0 Å². The monoisotopic (exact) mass is 527 g/mol. The van der Waals surface area contributed by atoms with E-state index in [-0.39, 0.29) is 20.6 Å². The second-order valence-electron chi connectivity index (χ2n) is 7.15. The third kappa shape index (κ3) is 6.84. The first-order valence-corrected chi connectivity index (χ1v) is 13.4. The fraction of sp³-hybridized carbons (Fsp3) is 0.0952. The second-order valence-corrected chi connectivity index (χ2v) is 11.4. The molecular formula is C21H19Cl2N3O5S2. The van der Waals surface area contributed by atoms with Crippen LogP contribution in [-0.4, -0.2) is 29.0 Å². The zero-order valence-electron chi connectivity index (χ0n) is 17.4. The molecule has 33 heavy (non-hydrogen) atoms. The molecule has 3 aromatic carbocycles. The third-order valence-corrected chi connectivity index (χ3v) is 6.75. The van der Waals surface area contributed by atoms with E-state index in [2.05, 4.69) is 14.8 Å². The summed E-state index contributed by atoms with van der Waals surface area (Å²) < 4.78 is 52.8. The molecule has 0 spiro atoms. The van der Waals surface area contributed by atoms with Crippen LogP contribution in [0.15, 0.2) is 65.6 Å². The van der Waals surface area contributed by atoms with Crippen molar-refractivity contribution in [1.82, 2.24) is 0 Å². The topological polar surface area (TPSA) is 121 Å². The number of aryl methyl sites for hydroxylation is 1. The number of rotatable bonds is 7. The Morgan fingerprint density at radius 3 is 1.94 bits per heavy atom. The van der Waals surface area contributed by atoms with Crippen LogP contribution >= 0.6 is 23.2 Å². The zero-order valence-corrected chi connectivity index (χ0v) is 20.5. The van der Waals surface area contributed by atoms with E-state index < -0.39 is 26.0 Å². The number of amides is 1. The van der Waals surface area contributed by atoms with Crippen molar-refractivity contribution in [3.8, 4) is 0 Å². The van der Waals surface area contributed by atoms with E-state index in [0.717, 1.165) is 6.26 Å². The molecule has 0 radical (unpaired) electrons. The molecule has 1 amide bonds. The van der Waals surface area contributed by atoms with Gasteiger partial charge < -0.3 is 5.32 Å². The average molecular weight is 528 g/mol. The highest BCUT2D eigenvalue weighted by atomic mass is 35.5. The summed E-state index contributed by atoms with van der Waals surface area (Å²) in [5.74, 6) is -0.439. The number of carbonyl (C=O) groups is 1. The SMILES string of the molecule is Cc1cc(C(=O)Nc2ccc(S(=O)(=O)Nc3cc(Cl)cc(Cl)c3)cc2)ccc1NS(C)(=O)=O. The van der Waals surface area contributed by atoms with Crippen LogP contribution in [0.25, 0.3) is 0 Å². The van der Waals surface area contributed by atoms with E-state index in [1.807, 2.05) is 0 Å². The molecule has 0 aliphatic heterocycles. The van der Waals surface area contributed by atoms with Gasteiger partial charge in [-0.3, -0.25) is 14.2 Å². The smallest absolute Gasteiger partial charge is 0.261 e. The first kappa shape index (κ1) is 24.8. The second kappa shape index (κ2) is 9.60. The number of sulfonamides is 2. The van der Waals surface area contributed by atoms with Crippen molar-refractivity contribution >= 4 is 66.2 Å². The number of halogens is 2. The molecule has 0 aliphatic rings. The van der Waals surface area contributed by atoms with Crippen LogP contribution in [-0.2, 0) is 20.0 Å². The van der Waals surface area contributed by atoms with E-state index in [9.17, 15) is 21.6 Å². The molecule has 3 aromatic rings. The Balaban J connectivity index is 1.72. The molecule has 0 aliphatic carbocycles. The van der Waals surface area contributed by atoms with E-state index in [1.165, 1.54) is 54.6 Å². The Hall–Kier alpha value is -2.79. The Bertz CT molecular complexity index is 1400. The summed E-state index contributed by atoms with van der Waals surface area (Å²) in [6.45, 7) is 1.67. The van der Waals surface area contributed by atoms with Crippen molar-refractivity contribution in [2.45, 2.75) is 11.8 Å². The predicted octanol–water partition coefficient (Wildman–Crippen LogP) is 4.73. The predicted molar refractivity (Wildman–Crippen MR) is 131 cm³/mol. The number of carbonyl (C=O) groups excluding carboxylic acids is 1. The van der Waals surface area contributed by atoms with Crippen molar-refractivity contribution in [3.63, 3.8) is 0 Å². The molecule has 8 nitrogen and oxygen atoms in total. The molecule has 0 heterocycles. The lowest BCUT2D eigenvalue weighted by Gasteiger charge is -2.11. The fourth-order valence-electron chi connectivity index (χ4n) is 2.87. The van der Waals surface area contributed by atoms with Gasteiger partial charge in [0, 0.05) is 21.3 Å². The van der Waals surface area contributed by atoms with Crippen molar-refractivity contribution in [2.24, 2.45) is 0 Å². The van der Waals surface area contributed by atoms with Gasteiger partial charge in [-0.25, -0.2) is 16.8 Å². The van der Waals surface area contributed by atoms with E-state index in [4.69, 9.17) is 23.2 Å². The first-order chi connectivity index (χ1) is 15.3. The standard InChI is InChI=1S/C21H19Cl2N3O5S2/c1-13-9-14(3-8-20(13)26-32(2,28)29)21(27)24-17-4-6-19(7-5-17)33(30,31)25-18-11-15(22)10-16(23)12-18/h3-12,25-26H,1-2H3,(H,24,27). The fourth-order valence-corrected chi connectivity index (χ4v) is 5.06. The van der Waals surface area contributed by atoms with Crippen molar-refractivity contribution in [2.75, 3.05) is 21.0 Å². The van der Waals surface area contributed by atoms with Gasteiger partial charge in [0.2, 0.25) is 10.0 Å². The summed E-state index contributed by atoms with van der Waals surface area (Å²) in [6, 6.07) is 14.4. The molecule has 3 rings (SSSR count). The largest absolute Gasteiger partial charge is 0.322 e. The van der Waals surface area contributed by atoms with Crippen molar-refractivity contribution in [1.29, 1.82) is 0 Å². The Kier molecular flexibility index (Phi) is 7.23. The van der Waals surface area contributed by atoms with E-state index in [1.54, 1.807) is 13.0 Å². The summed E-state index contributed by atoms with van der Waals surface area (Å²) in [7, 11) is -7.35. The lowest BCUT2D eigenvalue weighted by Crippen LogP contribution is -2.15. The van der Waals surface area contributed by atoms with Crippen LogP contribution in [0.3, 0.4) is 0 Å². The summed E-state index contributed by atoms with van der Waals surface area (Å²) in [6.07, 6.45) is 1.04. The molecular weight excluding hydrogens is 509 g/mol. The molecule has 0 fully saturated rings. The van der Waals surface area contributed by atoms with Crippen LogP contribution in [0.2, 0.25) is 10.0 Å². The molecule has 0 saturated heterocycles. The maximum absolute atomic E-state index is 12.6. The van der Waals surface area contributed by atoms with Crippen molar-refractivity contribution < 1.29 is 21.6 Å². The maximum Gasteiger partial charge on any atom is 0.261 e. The number of hydrogen-bond acceptors (Lipinski definition) is 5. The molecule has 0 saturated carbocycles. The van der Waals surface area contributed by atoms with Crippen LogP contribution < -0.4 is 14.8 Å². The van der Waals surface area contributed by atoms with E-state index >= 15 is 0 Å². The molecule has 0 aromatic heterocycles. The molecule has 174 valence electrons. The number of benzene rings is 3. The Morgan fingerprint density at radius 1 is 0.788 bits per heavy atom. The van der Waals surface area contributed by atoms with Gasteiger partial charge in [0.15, 0.2) is 0 Å². The Labute approximate surface area is 202 Å². The lowest BCUT2D eigenvalue weighted by atomic mass is 10.1. The van der Waals surface area contributed by atoms with Gasteiger partial charge in [0.05, 0.1) is 22.5 Å². The number of nitrogens with one attached hydrogen (secondary N) is 3. The highest BCUT2D eigenvalue weighted by Crippen LogP contribution is 2.25. The average Bonchev–Trinajstić information content (AvgIpc) is 2.67. The Morgan fingerprint density at radius 2 is 1.39 bits per heavy atom. The highest BCUT2D eigenvalue weighted by molar-refractivity contribution is 7.92. The molecule has 12 heteroatoms. The summed E-state index contributed by atoms with van der Waals surface area (Å²) >= 11 is 11.8. The summed E-state index contributed by atoms with van der Waals surface area (Å²) in [5, 5.41) is 3.24. The summed E-state index contributed by atoms with van der Waals surface area (Å²) in [4.78, 5) is 12.5. The van der Waals surface area contributed by atoms with Crippen LogP contribution in [0.1, 0.15) is 15.9 Å². The lowest BCUT2D eigenvalue weighted by molar-refractivity contribution is 0.102. The zero-order chi connectivity index (χ0) is 24.4. The summed E-state index contributed by atoms with van der Waals surface area (Å²) in [5.41, 5.74) is 1.84. The van der Waals surface area contributed by atoms with Crippen molar-refractivity contribution in [3.05, 3.63) is 81.8 Å². The minimum atomic E-state index is -3.91. The third-order valence-electron chi connectivity index (χ3n) is 4.32. The van der Waals surface area contributed by atoms with Gasteiger partial charge in [-0.05, 0) is 73.2 Å². The quantitative estimate of drug-likeness (QED) is 0.410. The number of hydrogen-bond donors (Lipinski definition) is 3. The van der Waals surface area contributed by atoms with Crippen LogP contribution in [0.5, 0.6) is 0 Å². The molecule has 0 atom stereocenters. The van der Waals surface area contributed by atoms with Gasteiger partial charge in [0.25, 0.3) is 15.9 Å². The first-order valence-electron chi connectivity index (χ1n) is 9.31. The maximum atomic E-state index is 12.6. The van der Waals surface area contributed by atoms with E-state index in [0.29, 0.717) is 22.5 Å². The van der Waals surface area contributed by atoms with Crippen LogP contribution in [0.4, 0.5) is 17.1 Å². The van der Waals surface area contributed by atoms with Gasteiger partial charge in [-0.15, -0.1) is 0 Å². The molecule has 0 bridgehead atoms. The molecule has 3 N–H and O–H groups in total. The van der Waals surface area contributed by atoms with Crippen LogP contribution in [0, 0.1) is 6.92 Å². The minimum absolute atomic E-state index is 0.0244. The highest BCUT2D eigenvalue weighted by Gasteiger charge is 2.16. The van der Waals surface area contributed by atoms with Gasteiger partial charge >= 0.3 is 0 Å². The minimum Gasteiger partial charge on any atom is -0.322 e. The van der Waals surface area contributed by atoms with Gasteiger partial charge in [0.1, 0.15) is 0 Å². The number of anilines is 3. The normalized spacial score (nSPS) is 11.6. The van der Waals surface area contributed by atoms with Gasteiger partial charge in [-0.1, -0.05) is 23.2 Å².